The number of carbonyl (C=O) groups is 1. The molecule has 2 rings (SSSR count). The van der Waals surface area contributed by atoms with E-state index in [-0.39, 0.29) is 0 Å². The highest BCUT2D eigenvalue weighted by molar-refractivity contribution is 7.89. The minimum Gasteiger partial charge on any atom is -0.355 e. The van der Waals surface area contributed by atoms with E-state index in [1.165, 1.54) is 19.4 Å². The third kappa shape index (κ3) is 7.76. The molecule has 31 heavy (non-hydrogen) atoms. The van der Waals surface area contributed by atoms with Gasteiger partial charge in [-0.25, -0.2) is 8.42 Å². The maximum atomic E-state index is 13.1. The Morgan fingerprint density at radius 1 is 1.16 bits per heavy atom. The zero-order chi connectivity index (χ0) is 23.2. The Bertz CT molecular complexity index is 836. The van der Waals surface area contributed by atoms with Crippen molar-refractivity contribution < 1.29 is 26.4 Å². The third-order valence-electron chi connectivity index (χ3n) is 5.35. The van der Waals surface area contributed by atoms with Crippen LogP contribution in [0.4, 0.5) is 13.2 Å². The van der Waals surface area contributed by atoms with Gasteiger partial charge < -0.3 is 10.2 Å². The quantitative estimate of drug-likeness (QED) is 0.551. The molecule has 0 bridgehead atoms. The summed E-state index contributed by atoms with van der Waals surface area (Å²) < 4.78 is 66.2. The summed E-state index contributed by atoms with van der Waals surface area (Å²) >= 11 is 0. The van der Waals surface area contributed by atoms with Gasteiger partial charge in [-0.2, -0.15) is 17.9 Å². The molecule has 2 N–H and O–H groups in total. The molecule has 6 nitrogen and oxygen atoms in total. The van der Waals surface area contributed by atoms with E-state index >= 15 is 0 Å². The van der Waals surface area contributed by atoms with E-state index in [9.17, 15) is 26.4 Å². The Morgan fingerprint density at radius 2 is 1.77 bits per heavy atom. The average molecular weight is 464 g/mol. The number of unbranched alkanes of at least 4 members (excludes halogenated alkanes) is 1. The van der Waals surface area contributed by atoms with Crippen LogP contribution in [0.3, 0.4) is 0 Å². The van der Waals surface area contributed by atoms with Crippen LogP contribution >= 0.6 is 0 Å². The fourth-order valence-corrected chi connectivity index (χ4v) is 5.52. The average Bonchev–Trinajstić information content (AvgIpc) is 2.65. The van der Waals surface area contributed by atoms with Crippen LogP contribution in [0, 0.1) is 11.8 Å². The Balaban J connectivity index is 1.81. The van der Waals surface area contributed by atoms with E-state index < -0.39 is 38.6 Å². The number of nitrogens with one attached hydrogen (secondary N) is 2. The highest BCUT2D eigenvalue weighted by Crippen LogP contribution is 2.33. The molecule has 2 unspecified atom stereocenters. The Hall–Kier alpha value is -1.65. The molecule has 1 aromatic rings. The lowest BCUT2D eigenvalue weighted by Gasteiger charge is -2.34. The van der Waals surface area contributed by atoms with Gasteiger partial charge in [0, 0.05) is 19.6 Å². The number of benzene rings is 1. The molecule has 0 saturated carbocycles. The number of hydrogen-bond donors (Lipinski definition) is 2. The van der Waals surface area contributed by atoms with Crippen molar-refractivity contribution in [2.24, 2.45) is 11.8 Å². The second-order valence-corrected chi connectivity index (χ2v) is 10.2. The van der Waals surface area contributed by atoms with E-state index in [1.54, 1.807) is 0 Å². The van der Waals surface area contributed by atoms with Crippen molar-refractivity contribution in [1.82, 2.24) is 14.9 Å². The Kier molecular flexibility index (Phi) is 8.91. The second kappa shape index (κ2) is 10.8. The van der Waals surface area contributed by atoms with Crippen molar-refractivity contribution in [3.63, 3.8) is 0 Å². The number of halogens is 3. The topological polar surface area (TPSA) is 78.5 Å². The number of hydrogen-bond acceptors (Lipinski definition) is 4. The number of carbonyl (C=O) groups excluding carboxylic acids is 1. The first-order chi connectivity index (χ1) is 14.4. The third-order valence-corrected chi connectivity index (χ3v) is 6.95. The fourth-order valence-electron chi connectivity index (χ4n) is 4.08. The molecule has 0 aliphatic carbocycles. The molecule has 1 amide bonds. The van der Waals surface area contributed by atoms with Crippen LogP contribution in [0.5, 0.6) is 0 Å². The van der Waals surface area contributed by atoms with Gasteiger partial charge in [0.2, 0.25) is 15.9 Å². The standard InChI is InChI=1S/C21H32F3N3O3S/c1-15-12-16(2)14-27(13-15)11-7-6-10-25-20(28)17(3)26-31(29,30)19-9-5-4-8-18(19)21(22,23)24/h4-5,8-9,15-17,26H,6-7,10-14H2,1-3H3,(H,25,28)/t15?,16?,17-/m0/s1. The maximum Gasteiger partial charge on any atom is 0.417 e. The van der Waals surface area contributed by atoms with Crippen LogP contribution in [-0.4, -0.2) is 51.4 Å². The van der Waals surface area contributed by atoms with Crippen LogP contribution in [0.25, 0.3) is 0 Å². The van der Waals surface area contributed by atoms with Gasteiger partial charge >= 0.3 is 6.18 Å². The molecule has 1 aliphatic heterocycles. The maximum absolute atomic E-state index is 13.1. The van der Waals surface area contributed by atoms with E-state index in [0.717, 1.165) is 44.6 Å². The lowest BCUT2D eigenvalue weighted by atomic mass is 9.92. The normalized spacial score (nSPS) is 21.6. The van der Waals surface area contributed by atoms with Gasteiger partial charge in [0.25, 0.3) is 0 Å². The molecule has 0 radical (unpaired) electrons. The lowest BCUT2D eigenvalue weighted by Crippen LogP contribution is -2.45. The van der Waals surface area contributed by atoms with Crippen molar-refractivity contribution in [3.05, 3.63) is 29.8 Å². The number of sulfonamides is 1. The number of amides is 1. The molecule has 3 atom stereocenters. The molecule has 0 spiro atoms. The molecular formula is C21H32F3N3O3S. The second-order valence-electron chi connectivity index (χ2n) is 8.54. The summed E-state index contributed by atoms with van der Waals surface area (Å²) in [4.78, 5) is 13.7. The van der Waals surface area contributed by atoms with Crippen molar-refractivity contribution in [2.45, 2.75) is 57.1 Å². The summed E-state index contributed by atoms with van der Waals surface area (Å²) in [5.74, 6) is 0.785. The molecule has 1 aromatic carbocycles. The molecule has 0 aromatic heterocycles. The van der Waals surface area contributed by atoms with Crippen molar-refractivity contribution >= 4 is 15.9 Å². The van der Waals surface area contributed by atoms with Crippen molar-refractivity contribution in [3.8, 4) is 0 Å². The highest BCUT2D eigenvalue weighted by atomic mass is 32.2. The molecule has 1 heterocycles. The van der Waals surface area contributed by atoms with Crippen LogP contribution in [0.2, 0.25) is 0 Å². The van der Waals surface area contributed by atoms with E-state index in [2.05, 4.69) is 24.1 Å². The number of likely N-dealkylation sites (tertiary alicyclic amines) is 1. The van der Waals surface area contributed by atoms with Gasteiger partial charge in [-0.15, -0.1) is 0 Å². The van der Waals surface area contributed by atoms with Crippen molar-refractivity contribution in [2.75, 3.05) is 26.2 Å². The lowest BCUT2D eigenvalue weighted by molar-refractivity contribution is -0.139. The summed E-state index contributed by atoms with van der Waals surface area (Å²) in [6.45, 7) is 9.28. The van der Waals surface area contributed by atoms with Crippen LogP contribution in [0.15, 0.2) is 29.2 Å². The summed E-state index contributed by atoms with van der Waals surface area (Å²) in [5.41, 5.74) is -1.27. The fraction of sp³-hybridized carbons (Fsp3) is 0.667. The Morgan fingerprint density at radius 3 is 2.39 bits per heavy atom. The number of piperidine rings is 1. The number of rotatable bonds is 9. The predicted molar refractivity (Wildman–Crippen MR) is 113 cm³/mol. The van der Waals surface area contributed by atoms with Crippen LogP contribution < -0.4 is 10.0 Å². The Labute approximate surface area is 182 Å². The minimum absolute atomic E-state index is 0.378. The molecule has 176 valence electrons. The first kappa shape index (κ1) is 25.6. The largest absolute Gasteiger partial charge is 0.417 e. The van der Waals surface area contributed by atoms with Crippen LogP contribution in [0.1, 0.15) is 45.6 Å². The SMILES string of the molecule is CC1CC(C)CN(CCCCNC(=O)[C@H](C)NS(=O)(=O)c2ccccc2C(F)(F)F)C1. The van der Waals surface area contributed by atoms with Gasteiger partial charge in [0.05, 0.1) is 16.5 Å². The van der Waals surface area contributed by atoms with E-state index in [0.29, 0.717) is 24.4 Å². The summed E-state index contributed by atoms with van der Waals surface area (Å²) in [5, 5.41) is 2.65. The first-order valence-electron chi connectivity index (χ1n) is 10.6. The van der Waals surface area contributed by atoms with Crippen molar-refractivity contribution in [1.29, 1.82) is 0 Å². The van der Waals surface area contributed by atoms with E-state index in [1.807, 2.05) is 4.72 Å². The smallest absolute Gasteiger partial charge is 0.355 e. The molecule has 10 heteroatoms. The molecule has 1 fully saturated rings. The number of nitrogens with zero attached hydrogens (tertiary/aromatic N) is 1. The first-order valence-corrected chi connectivity index (χ1v) is 12.1. The van der Waals surface area contributed by atoms with Gasteiger partial charge in [0.15, 0.2) is 0 Å². The monoisotopic (exact) mass is 463 g/mol. The van der Waals surface area contributed by atoms with Crippen LogP contribution in [-0.2, 0) is 21.0 Å². The molecule has 1 aliphatic rings. The van der Waals surface area contributed by atoms with Gasteiger partial charge in [-0.3, -0.25) is 4.79 Å². The van der Waals surface area contributed by atoms with Gasteiger partial charge in [0.1, 0.15) is 0 Å². The summed E-state index contributed by atoms with van der Waals surface area (Å²) in [6, 6.07) is 2.69. The molecule has 1 saturated heterocycles. The minimum atomic E-state index is -4.82. The summed E-state index contributed by atoms with van der Waals surface area (Å²) in [7, 11) is -4.52. The van der Waals surface area contributed by atoms with E-state index in [4.69, 9.17) is 0 Å². The summed E-state index contributed by atoms with van der Waals surface area (Å²) in [6.07, 6.45) is -1.94. The highest BCUT2D eigenvalue weighted by Gasteiger charge is 2.37. The van der Waals surface area contributed by atoms with Gasteiger partial charge in [-0.05, 0) is 56.7 Å². The zero-order valence-corrected chi connectivity index (χ0v) is 19.0. The predicted octanol–water partition coefficient (Wildman–Crippen LogP) is 3.25. The van der Waals surface area contributed by atoms with Gasteiger partial charge in [-0.1, -0.05) is 26.0 Å². The zero-order valence-electron chi connectivity index (χ0n) is 18.2. The molecular weight excluding hydrogens is 431 g/mol. The number of alkyl halides is 3.